The van der Waals surface area contributed by atoms with Crippen LogP contribution in [0.1, 0.15) is 23.0 Å². The third-order valence-corrected chi connectivity index (χ3v) is 7.66. The Bertz CT molecular complexity index is 868. The van der Waals surface area contributed by atoms with Gasteiger partial charge in [0, 0.05) is 18.7 Å². The molecule has 2 heterocycles. The molecule has 0 aromatic heterocycles. The Balaban J connectivity index is 1.37. The molecule has 0 saturated carbocycles. The molecule has 0 atom stereocenters. The highest BCUT2D eigenvalue weighted by Gasteiger charge is 2.25. The molecule has 7 heteroatoms. The minimum atomic E-state index is -0.125. The number of ether oxygens (including phenoxy) is 1. The van der Waals surface area contributed by atoms with E-state index in [1.807, 2.05) is 59.9 Å². The molecule has 2 aromatic carbocycles. The van der Waals surface area contributed by atoms with Crippen molar-refractivity contribution < 1.29 is 14.3 Å². The predicted molar refractivity (Wildman–Crippen MR) is 116 cm³/mol. The number of carbonyl (C=O) groups excluding carboxylic acids is 2. The summed E-state index contributed by atoms with van der Waals surface area (Å²) < 4.78 is 5.88. The van der Waals surface area contributed by atoms with Crippen LogP contribution in [0.25, 0.3) is 0 Å². The van der Waals surface area contributed by atoms with Crippen LogP contribution in [0, 0.1) is 0 Å². The summed E-state index contributed by atoms with van der Waals surface area (Å²) in [6.45, 7) is 0.344. The summed E-state index contributed by atoms with van der Waals surface area (Å²) in [6.07, 6.45) is 1.49. The van der Waals surface area contributed by atoms with E-state index in [4.69, 9.17) is 4.74 Å². The first-order valence-electron chi connectivity index (χ1n) is 9.36. The van der Waals surface area contributed by atoms with Crippen molar-refractivity contribution in [2.75, 3.05) is 34.9 Å². The van der Waals surface area contributed by atoms with Crippen molar-refractivity contribution in [3.63, 3.8) is 0 Å². The number of hydrogen-bond donors (Lipinski definition) is 1. The van der Waals surface area contributed by atoms with Gasteiger partial charge in [-0.05, 0) is 47.8 Å². The molecule has 0 bridgehead atoms. The molecule has 2 amide bonds. The summed E-state index contributed by atoms with van der Waals surface area (Å²) in [7, 11) is 0. The van der Waals surface area contributed by atoms with Gasteiger partial charge in [0.1, 0.15) is 5.75 Å². The smallest absolute Gasteiger partial charge is 0.265 e. The Morgan fingerprint density at radius 2 is 1.96 bits per heavy atom. The van der Waals surface area contributed by atoms with E-state index in [0.717, 1.165) is 11.4 Å². The highest BCUT2D eigenvalue weighted by Crippen LogP contribution is 2.44. The molecule has 28 heavy (non-hydrogen) atoms. The fourth-order valence-corrected chi connectivity index (χ4v) is 6.15. The van der Waals surface area contributed by atoms with Gasteiger partial charge in [-0.3, -0.25) is 9.59 Å². The molecule has 4 rings (SSSR count). The normalized spacial score (nSPS) is 17.0. The molecule has 146 valence electrons. The maximum Gasteiger partial charge on any atom is 0.265 e. The molecule has 1 fully saturated rings. The number of rotatable bonds is 5. The SMILES string of the molecule is O=C(CCN1C(=O)COc2ccccc21)Nc1cccc(C2SCCCS2)c1. The molecule has 2 aromatic rings. The van der Waals surface area contributed by atoms with Crippen LogP contribution in [0.15, 0.2) is 48.5 Å². The van der Waals surface area contributed by atoms with E-state index in [2.05, 4.69) is 17.4 Å². The van der Waals surface area contributed by atoms with Crippen LogP contribution < -0.4 is 15.0 Å². The van der Waals surface area contributed by atoms with Gasteiger partial charge in [0.25, 0.3) is 5.91 Å². The number of carbonyl (C=O) groups is 2. The Hall–Kier alpha value is -2.12. The third kappa shape index (κ3) is 4.47. The molecule has 0 aliphatic carbocycles. The average Bonchev–Trinajstić information content (AvgIpc) is 2.74. The van der Waals surface area contributed by atoms with Crippen LogP contribution >= 0.6 is 23.5 Å². The summed E-state index contributed by atoms with van der Waals surface area (Å²) in [5.74, 6) is 2.82. The van der Waals surface area contributed by atoms with Gasteiger partial charge in [-0.25, -0.2) is 0 Å². The van der Waals surface area contributed by atoms with Crippen molar-refractivity contribution in [2.45, 2.75) is 17.4 Å². The van der Waals surface area contributed by atoms with Crippen molar-refractivity contribution in [3.8, 4) is 5.75 Å². The third-order valence-electron chi connectivity index (χ3n) is 4.64. The Kier molecular flexibility index (Phi) is 6.12. The molecule has 0 radical (unpaired) electrons. The second-order valence-corrected chi connectivity index (χ2v) is 9.38. The lowest BCUT2D eigenvalue weighted by Crippen LogP contribution is -2.40. The van der Waals surface area contributed by atoms with E-state index in [1.165, 1.54) is 23.5 Å². The molecular weight excluding hydrogens is 392 g/mol. The fourth-order valence-electron chi connectivity index (χ4n) is 3.28. The molecule has 0 spiro atoms. The Morgan fingerprint density at radius 3 is 2.82 bits per heavy atom. The fraction of sp³-hybridized carbons (Fsp3) is 0.333. The average molecular weight is 415 g/mol. The number of nitrogens with zero attached hydrogens (tertiary/aromatic N) is 1. The summed E-state index contributed by atoms with van der Waals surface area (Å²) in [5.41, 5.74) is 2.77. The molecule has 0 unspecified atom stereocenters. The number of fused-ring (bicyclic) bond motifs is 1. The van der Waals surface area contributed by atoms with E-state index in [-0.39, 0.29) is 24.8 Å². The van der Waals surface area contributed by atoms with Crippen LogP contribution in [-0.2, 0) is 9.59 Å². The maximum absolute atomic E-state index is 12.5. The molecule has 1 N–H and O–H groups in total. The quantitative estimate of drug-likeness (QED) is 0.790. The van der Waals surface area contributed by atoms with Gasteiger partial charge in [-0.15, -0.1) is 23.5 Å². The molecule has 2 aliphatic rings. The number of para-hydroxylation sites is 2. The standard InChI is InChI=1S/C21H22N2O3S2/c24-19(9-10-23-17-7-1-2-8-18(17)26-14-20(23)25)22-16-6-3-5-15(13-16)21-27-11-4-12-28-21/h1-3,5-8,13,21H,4,9-12,14H2,(H,22,24). The first kappa shape index (κ1) is 19.2. The predicted octanol–water partition coefficient (Wildman–Crippen LogP) is 4.31. The summed E-state index contributed by atoms with van der Waals surface area (Å²) >= 11 is 3.92. The summed E-state index contributed by atoms with van der Waals surface area (Å²) in [6, 6.07) is 15.5. The number of anilines is 2. The zero-order valence-corrected chi connectivity index (χ0v) is 17.1. The molecular formula is C21H22N2O3S2. The van der Waals surface area contributed by atoms with Crippen molar-refractivity contribution in [1.82, 2.24) is 0 Å². The second-order valence-electron chi connectivity index (χ2n) is 6.65. The van der Waals surface area contributed by atoms with Gasteiger partial charge in [0.15, 0.2) is 6.61 Å². The number of amides is 2. The number of nitrogens with one attached hydrogen (secondary N) is 1. The molecule has 2 aliphatic heterocycles. The zero-order valence-electron chi connectivity index (χ0n) is 15.4. The Labute approximate surface area is 173 Å². The van der Waals surface area contributed by atoms with Crippen molar-refractivity contribution >= 4 is 46.7 Å². The minimum absolute atomic E-state index is 0.0113. The maximum atomic E-state index is 12.5. The van der Waals surface area contributed by atoms with Gasteiger partial charge in [0.2, 0.25) is 5.91 Å². The van der Waals surface area contributed by atoms with Gasteiger partial charge in [0.05, 0.1) is 10.3 Å². The van der Waals surface area contributed by atoms with Crippen molar-refractivity contribution in [3.05, 3.63) is 54.1 Å². The monoisotopic (exact) mass is 414 g/mol. The minimum Gasteiger partial charge on any atom is -0.482 e. The first-order valence-corrected chi connectivity index (χ1v) is 11.5. The van der Waals surface area contributed by atoms with E-state index in [9.17, 15) is 9.59 Å². The van der Waals surface area contributed by atoms with Crippen LogP contribution in [0.4, 0.5) is 11.4 Å². The number of hydrogen-bond acceptors (Lipinski definition) is 5. The van der Waals surface area contributed by atoms with Crippen LogP contribution in [0.3, 0.4) is 0 Å². The van der Waals surface area contributed by atoms with Gasteiger partial charge < -0.3 is 15.0 Å². The van der Waals surface area contributed by atoms with E-state index in [0.29, 0.717) is 16.9 Å². The van der Waals surface area contributed by atoms with Crippen LogP contribution in [0.5, 0.6) is 5.75 Å². The molecule has 5 nitrogen and oxygen atoms in total. The molecule has 1 saturated heterocycles. The highest BCUT2D eigenvalue weighted by atomic mass is 32.2. The van der Waals surface area contributed by atoms with Gasteiger partial charge >= 0.3 is 0 Å². The number of thioether (sulfide) groups is 2. The Morgan fingerprint density at radius 1 is 1.14 bits per heavy atom. The number of benzene rings is 2. The summed E-state index contributed by atoms with van der Waals surface area (Å²) in [5, 5.41) is 2.97. The largest absolute Gasteiger partial charge is 0.482 e. The van der Waals surface area contributed by atoms with E-state index >= 15 is 0 Å². The first-order chi connectivity index (χ1) is 13.7. The van der Waals surface area contributed by atoms with E-state index < -0.39 is 0 Å². The topological polar surface area (TPSA) is 58.6 Å². The highest BCUT2D eigenvalue weighted by molar-refractivity contribution is 8.16. The lowest BCUT2D eigenvalue weighted by Gasteiger charge is -2.29. The lowest BCUT2D eigenvalue weighted by molar-refractivity contribution is -0.121. The second kappa shape index (κ2) is 8.92. The van der Waals surface area contributed by atoms with Gasteiger partial charge in [-0.1, -0.05) is 24.3 Å². The van der Waals surface area contributed by atoms with Crippen LogP contribution in [0.2, 0.25) is 0 Å². The van der Waals surface area contributed by atoms with Gasteiger partial charge in [-0.2, -0.15) is 0 Å². The van der Waals surface area contributed by atoms with Crippen molar-refractivity contribution in [1.29, 1.82) is 0 Å². The summed E-state index contributed by atoms with van der Waals surface area (Å²) in [4.78, 5) is 26.3. The van der Waals surface area contributed by atoms with E-state index in [1.54, 1.807) is 4.90 Å². The van der Waals surface area contributed by atoms with Crippen molar-refractivity contribution in [2.24, 2.45) is 0 Å². The lowest BCUT2D eigenvalue weighted by atomic mass is 10.2. The van der Waals surface area contributed by atoms with Crippen LogP contribution in [-0.4, -0.2) is 36.5 Å². The zero-order chi connectivity index (χ0) is 19.3.